The number of nitrogens with two attached hydrogens (primary N) is 1. The molecule has 96 valence electrons. The normalized spacial score (nSPS) is 9.89. The van der Waals surface area contributed by atoms with Gasteiger partial charge < -0.3 is 11.1 Å². The molecule has 1 amide bonds. The Hall–Kier alpha value is -2.88. The van der Waals surface area contributed by atoms with Gasteiger partial charge in [-0.3, -0.25) is 9.48 Å². The first-order chi connectivity index (χ1) is 9.11. The lowest BCUT2D eigenvalue weighted by atomic mass is 10.2. The van der Waals surface area contributed by atoms with Crippen LogP contribution in [0.5, 0.6) is 0 Å². The first kappa shape index (κ1) is 12.6. The van der Waals surface area contributed by atoms with Crippen LogP contribution in [0.25, 0.3) is 0 Å². The number of hydrogen-bond donors (Lipinski definition) is 2. The maximum atomic E-state index is 11.8. The molecular formula is C12H12N6O. The number of nitrogen functional groups attached to an aromatic ring is 1. The number of aryl methyl sites for hydroxylation is 1. The van der Waals surface area contributed by atoms with E-state index in [1.54, 1.807) is 19.3 Å². The molecule has 0 aliphatic heterocycles. The summed E-state index contributed by atoms with van der Waals surface area (Å²) in [5.41, 5.74) is 7.16. The van der Waals surface area contributed by atoms with Gasteiger partial charge in [-0.15, -0.1) is 0 Å². The van der Waals surface area contributed by atoms with Gasteiger partial charge in [0.1, 0.15) is 17.6 Å². The first-order valence-electron chi connectivity index (χ1n) is 5.52. The Morgan fingerprint density at radius 3 is 2.84 bits per heavy atom. The van der Waals surface area contributed by atoms with E-state index in [0.717, 1.165) is 5.56 Å². The molecule has 7 heteroatoms. The summed E-state index contributed by atoms with van der Waals surface area (Å²) >= 11 is 0. The Morgan fingerprint density at radius 1 is 1.53 bits per heavy atom. The highest BCUT2D eigenvalue weighted by Gasteiger charge is 2.09. The lowest BCUT2D eigenvalue weighted by molar-refractivity contribution is 0.0946. The van der Waals surface area contributed by atoms with E-state index in [2.05, 4.69) is 15.4 Å². The number of amides is 1. The van der Waals surface area contributed by atoms with E-state index < -0.39 is 0 Å². The molecule has 2 rings (SSSR count). The summed E-state index contributed by atoms with van der Waals surface area (Å²) < 4.78 is 1.53. The average molecular weight is 256 g/mol. The fraction of sp³-hybridized carbons (Fsp3) is 0.167. The standard InChI is InChI=1S/C12H12N6O/c1-18-11(14)9(7-17-18)6-16-12(19)10-3-2-8(4-13)5-15-10/h2-3,5,7H,6,14H2,1H3,(H,16,19). The van der Waals surface area contributed by atoms with Gasteiger partial charge in [0.15, 0.2) is 0 Å². The van der Waals surface area contributed by atoms with Crippen LogP contribution in [0.3, 0.4) is 0 Å². The van der Waals surface area contributed by atoms with Gasteiger partial charge in [-0.1, -0.05) is 0 Å². The maximum Gasteiger partial charge on any atom is 0.270 e. The number of carbonyl (C=O) groups is 1. The monoisotopic (exact) mass is 256 g/mol. The molecule has 0 aliphatic rings. The Morgan fingerprint density at radius 2 is 2.32 bits per heavy atom. The van der Waals surface area contributed by atoms with Crippen LogP contribution in [-0.4, -0.2) is 20.7 Å². The van der Waals surface area contributed by atoms with Crippen LogP contribution in [0.15, 0.2) is 24.5 Å². The first-order valence-corrected chi connectivity index (χ1v) is 5.52. The largest absolute Gasteiger partial charge is 0.384 e. The Balaban J connectivity index is 2.01. The van der Waals surface area contributed by atoms with Gasteiger partial charge in [0.05, 0.1) is 11.8 Å². The summed E-state index contributed by atoms with van der Waals surface area (Å²) in [6.07, 6.45) is 2.95. The molecule has 19 heavy (non-hydrogen) atoms. The van der Waals surface area contributed by atoms with Crippen molar-refractivity contribution in [1.29, 1.82) is 5.26 Å². The Bertz CT molecular complexity index is 637. The molecule has 2 heterocycles. The molecule has 0 aromatic carbocycles. The minimum atomic E-state index is -0.326. The van der Waals surface area contributed by atoms with E-state index in [-0.39, 0.29) is 18.1 Å². The summed E-state index contributed by atoms with van der Waals surface area (Å²) in [4.78, 5) is 15.7. The minimum absolute atomic E-state index is 0.251. The van der Waals surface area contributed by atoms with Gasteiger partial charge in [-0.05, 0) is 12.1 Å². The van der Waals surface area contributed by atoms with Crippen LogP contribution in [-0.2, 0) is 13.6 Å². The second kappa shape index (κ2) is 5.18. The second-order valence-corrected chi connectivity index (χ2v) is 3.91. The van der Waals surface area contributed by atoms with Crippen molar-refractivity contribution >= 4 is 11.7 Å². The number of pyridine rings is 1. The molecule has 3 N–H and O–H groups in total. The lowest BCUT2D eigenvalue weighted by Gasteiger charge is -2.04. The molecule has 0 bridgehead atoms. The van der Waals surface area contributed by atoms with Crippen molar-refractivity contribution in [2.45, 2.75) is 6.54 Å². The third-order valence-corrected chi connectivity index (χ3v) is 2.63. The number of nitrogens with zero attached hydrogens (tertiary/aromatic N) is 4. The van der Waals surface area contributed by atoms with Gasteiger partial charge in [0, 0.05) is 25.4 Å². The van der Waals surface area contributed by atoms with E-state index in [1.807, 2.05) is 6.07 Å². The van der Waals surface area contributed by atoms with E-state index >= 15 is 0 Å². The maximum absolute atomic E-state index is 11.8. The zero-order valence-electron chi connectivity index (χ0n) is 10.3. The summed E-state index contributed by atoms with van der Waals surface area (Å²) in [6.45, 7) is 0.278. The lowest BCUT2D eigenvalue weighted by Crippen LogP contribution is -2.24. The highest BCUT2D eigenvalue weighted by Crippen LogP contribution is 2.08. The molecule has 0 aliphatic carbocycles. The van der Waals surface area contributed by atoms with E-state index in [4.69, 9.17) is 11.0 Å². The zero-order valence-corrected chi connectivity index (χ0v) is 10.3. The van der Waals surface area contributed by atoms with Crippen molar-refractivity contribution in [2.24, 2.45) is 7.05 Å². The van der Waals surface area contributed by atoms with Gasteiger partial charge in [0.25, 0.3) is 5.91 Å². The van der Waals surface area contributed by atoms with Crippen molar-refractivity contribution in [1.82, 2.24) is 20.1 Å². The fourth-order valence-corrected chi connectivity index (χ4v) is 1.49. The number of hydrogen-bond acceptors (Lipinski definition) is 5. The van der Waals surface area contributed by atoms with Crippen molar-refractivity contribution in [3.05, 3.63) is 41.3 Å². The van der Waals surface area contributed by atoms with Crippen LogP contribution >= 0.6 is 0 Å². The number of carbonyl (C=O) groups excluding carboxylic acids is 1. The summed E-state index contributed by atoms with van der Waals surface area (Å²) in [5, 5.41) is 15.3. The SMILES string of the molecule is Cn1ncc(CNC(=O)c2ccc(C#N)cn2)c1N. The number of nitrogens with one attached hydrogen (secondary N) is 1. The molecule has 0 atom stereocenters. The van der Waals surface area contributed by atoms with Crippen LogP contribution in [0.2, 0.25) is 0 Å². The van der Waals surface area contributed by atoms with Gasteiger partial charge >= 0.3 is 0 Å². The summed E-state index contributed by atoms with van der Waals surface area (Å²) in [6, 6.07) is 4.98. The number of anilines is 1. The van der Waals surface area contributed by atoms with Gasteiger partial charge in [0.2, 0.25) is 0 Å². The molecule has 0 saturated carbocycles. The number of rotatable bonds is 3. The van der Waals surface area contributed by atoms with Crippen molar-refractivity contribution in [2.75, 3.05) is 5.73 Å². The van der Waals surface area contributed by atoms with Crippen LogP contribution in [0.1, 0.15) is 21.6 Å². The molecule has 0 spiro atoms. The minimum Gasteiger partial charge on any atom is -0.384 e. The smallest absolute Gasteiger partial charge is 0.270 e. The van der Waals surface area contributed by atoms with Crippen molar-refractivity contribution < 1.29 is 4.79 Å². The van der Waals surface area contributed by atoms with Crippen LogP contribution < -0.4 is 11.1 Å². The molecule has 0 unspecified atom stereocenters. The van der Waals surface area contributed by atoms with E-state index in [1.165, 1.54) is 16.9 Å². The molecule has 2 aromatic rings. The highest BCUT2D eigenvalue weighted by atomic mass is 16.1. The predicted octanol–water partition coefficient (Wildman–Crippen LogP) is 0.199. The second-order valence-electron chi connectivity index (χ2n) is 3.91. The number of nitriles is 1. The van der Waals surface area contributed by atoms with Crippen LogP contribution in [0, 0.1) is 11.3 Å². The molecule has 0 radical (unpaired) electrons. The third kappa shape index (κ3) is 2.69. The quantitative estimate of drug-likeness (QED) is 0.815. The third-order valence-electron chi connectivity index (χ3n) is 2.63. The summed E-state index contributed by atoms with van der Waals surface area (Å²) in [7, 11) is 1.73. The van der Waals surface area contributed by atoms with Crippen LogP contribution in [0.4, 0.5) is 5.82 Å². The van der Waals surface area contributed by atoms with E-state index in [0.29, 0.717) is 11.4 Å². The average Bonchev–Trinajstić information content (AvgIpc) is 2.76. The predicted molar refractivity (Wildman–Crippen MR) is 67.7 cm³/mol. The Kier molecular flexibility index (Phi) is 3.43. The van der Waals surface area contributed by atoms with Gasteiger partial charge in [-0.25, -0.2) is 4.98 Å². The molecule has 2 aromatic heterocycles. The molecule has 7 nitrogen and oxygen atoms in total. The topological polar surface area (TPSA) is 110 Å². The fourth-order valence-electron chi connectivity index (χ4n) is 1.49. The molecule has 0 fully saturated rings. The van der Waals surface area contributed by atoms with Crippen molar-refractivity contribution in [3.8, 4) is 6.07 Å². The molecule has 0 saturated heterocycles. The van der Waals surface area contributed by atoms with E-state index in [9.17, 15) is 4.79 Å². The molecular weight excluding hydrogens is 244 g/mol. The number of aromatic nitrogens is 3. The van der Waals surface area contributed by atoms with Crippen molar-refractivity contribution in [3.63, 3.8) is 0 Å². The highest BCUT2D eigenvalue weighted by molar-refractivity contribution is 5.92. The zero-order chi connectivity index (χ0) is 13.8. The summed E-state index contributed by atoms with van der Waals surface area (Å²) in [5.74, 6) is 0.181. The van der Waals surface area contributed by atoms with Gasteiger partial charge in [-0.2, -0.15) is 10.4 Å². The Labute approximate surface area is 109 Å².